The van der Waals surface area contributed by atoms with Gasteiger partial charge in [0.1, 0.15) is 12.1 Å². The summed E-state index contributed by atoms with van der Waals surface area (Å²) in [6.07, 6.45) is 1.50. The number of pyridine rings is 1. The maximum atomic E-state index is 13.8. The van der Waals surface area contributed by atoms with Crippen LogP contribution in [0.5, 0.6) is 0 Å². The molecule has 5 unspecified atom stereocenters. The molecule has 12 heteroatoms. The average molecular weight is 704 g/mol. The number of aromatic nitrogens is 1. The summed E-state index contributed by atoms with van der Waals surface area (Å²) >= 11 is 0. The Kier molecular flexibility index (Phi) is 14.5. The zero-order chi connectivity index (χ0) is 37.8. The van der Waals surface area contributed by atoms with Crippen molar-refractivity contribution in [3.63, 3.8) is 0 Å². The van der Waals surface area contributed by atoms with E-state index in [0.717, 1.165) is 22.3 Å². The van der Waals surface area contributed by atoms with Gasteiger partial charge in [-0.25, -0.2) is 9.59 Å². The lowest BCUT2D eigenvalue weighted by Gasteiger charge is -2.34. The number of nitrogens with one attached hydrogen (secondary N) is 4. The number of nitrogens with zero attached hydrogens (tertiary/aromatic N) is 1. The monoisotopic (exact) mass is 703 g/mol. The molecule has 0 bridgehead atoms. The Bertz CT molecular complexity index is 1570. The van der Waals surface area contributed by atoms with Crippen molar-refractivity contribution in [3.05, 3.63) is 90.3 Å². The Balaban J connectivity index is 1.96. The summed E-state index contributed by atoms with van der Waals surface area (Å²) in [5.41, 5.74) is 2.32. The molecule has 0 aliphatic rings. The van der Waals surface area contributed by atoms with Crippen molar-refractivity contribution in [2.24, 2.45) is 10.8 Å². The van der Waals surface area contributed by atoms with Crippen LogP contribution in [0.3, 0.4) is 0 Å². The Hall–Kier alpha value is -4.97. The number of carbonyl (C=O) groups excluding carboxylic acids is 4. The van der Waals surface area contributed by atoms with Crippen molar-refractivity contribution in [1.29, 1.82) is 0 Å². The number of aliphatic hydroxyl groups is 1. The molecule has 5 N–H and O–H groups in total. The van der Waals surface area contributed by atoms with Gasteiger partial charge in [-0.2, -0.15) is 0 Å². The normalized spacial score (nSPS) is 14.5. The molecular weight excluding hydrogens is 650 g/mol. The van der Waals surface area contributed by atoms with Crippen LogP contribution >= 0.6 is 0 Å². The molecule has 51 heavy (non-hydrogen) atoms. The smallest absolute Gasteiger partial charge is 0.407 e. The maximum absolute atomic E-state index is 13.8. The Morgan fingerprint density at radius 2 is 1.20 bits per heavy atom. The van der Waals surface area contributed by atoms with E-state index in [0.29, 0.717) is 6.42 Å². The molecule has 2 aromatic carbocycles. The molecule has 0 aliphatic carbocycles. The molecular formula is C39H53N5O7. The minimum absolute atomic E-state index is 0.0546. The molecule has 12 nitrogen and oxygen atoms in total. The van der Waals surface area contributed by atoms with Gasteiger partial charge in [0, 0.05) is 18.4 Å². The Morgan fingerprint density at radius 3 is 1.69 bits per heavy atom. The first-order chi connectivity index (χ1) is 24.0. The third-order valence-electron chi connectivity index (χ3n) is 8.55. The van der Waals surface area contributed by atoms with E-state index in [2.05, 4.69) is 26.3 Å². The highest BCUT2D eigenvalue weighted by Crippen LogP contribution is 2.24. The van der Waals surface area contributed by atoms with Crippen molar-refractivity contribution in [1.82, 2.24) is 26.3 Å². The van der Waals surface area contributed by atoms with E-state index >= 15 is 0 Å². The van der Waals surface area contributed by atoms with Gasteiger partial charge in [-0.15, -0.1) is 0 Å². The predicted molar refractivity (Wildman–Crippen MR) is 196 cm³/mol. The fourth-order valence-electron chi connectivity index (χ4n) is 5.71. The van der Waals surface area contributed by atoms with E-state index in [1.54, 1.807) is 12.4 Å². The van der Waals surface area contributed by atoms with Crippen LogP contribution in [-0.2, 0) is 31.9 Å². The van der Waals surface area contributed by atoms with Gasteiger partial charge in [0.05, 0.1) is 26.4 Å². The summed E-state index contributed by atoms with van der Waals surface area (Å²) in [4.78, 5) is 56.2. The molecule has 0 spiro atoms. The fourth-order valence-corrected chi connectivity index (χ4v) is 5.71. The number of ether oxygens (including phenoxy) is 2. The topological polar surface area (TPSA) is 168 Å². The van der Waals surface area contributed by atoms with Gasteiger partial charge in [0.2, 0.25) is 11.8 Å². The molecule has 1 aromatic heterocycles. The number of amides is 4. The van der Waals surface area contributed by atoms with Crippen LogP contribution in [0.15, 0.2) is 79.1 Å². The molecule has 0 saturated carbocycles. The summed E-state index contributed by atoms with van der Waals surface area (Å²) in [5, 5.41) is 23.2. The lowest BCUT2D eigenvalue weighted by atomic mass is 9.85. The van der Waals surface area contributed by atoms with Gasteiger partial charge in [0.15, 0.2) is 0 Å². The fraction of sp³-hybridized carbons (Fsp3) is 0.462. The Labute approximate surface area is 301 Å². The molecule has 5 atom stereocenters. The standard InChI is InChI=1S/C39H53N5O7/c1-38(2,3)32(43-36(48)50-7)34(46)41-29(21-25-13-10-9-11-14-25)23-31(45)30(42-35(47)33(39(4,5)6)44-37(49)51-8)22-26-16-18-27(19-17-26)28-15-12-20-40-24-28/h9-20,24,29-33,45H,21-23H2,1-8H3,(H,41,46)(H,42,47)(H,43,48)(H,44,49). The summed E-state index contributed by atoms with van der Waals surface area (Å²) in [6, 6.07) is 17.8. The van der Waals surface area contributed by atoms with Gasteiger partial charge in [-0.1, -0.05) is 102 Å². The molecule has 4 amide bonds. The summed E-state index contributed by atoms with van der Waals surface area (Å²) in [7, 11) is 2.45. The zero-order valence-corrected chi connectivity index (χ0v) is 30.9. The van der Waals surface area contributed by atoms with E-state index in [4.69, 9.17) is 9.47 Å². The minimum Gasteiger partial charge on any atom is -0.453 e. The minimum atomic E-state index is -1.15. The first-order valence-electron chi connectivity index (χ1n) is 17.0. The molecule has 3 aromatic rings. The van der Waals surface area contributed by atoms with Crippen LogP contribution < -0.4 is 21.3 Å². The summed E-state index contributed by atoms with van der Waals surface area (Å²) in [6.45, 7) is 10.9. The first kappa shape index (κ1) is 40.5. The number of aliphatic hydroxyl groups excluding tert-OH is 1. The van der Waals surface area contributed by atoms with Crippen LogP contribution in [0, 0.1) is 10.8 Å². The molecule has 0 fully saturated rings. The second kappa shape index (κ2) is 18.3. The molecule has 0 saturated heterocycles. The largest absolute Gasteiger partial charge is 0.453 e. The van der Waals surface area contributed by atoms with E-state index in [1.165, 1.54) is 14.2 Å². The Morgan fingerprint density at radius 1 is 0.667 bits per heavy atom. The molecule has 276 valence electrons. The van der Waals surface area contributed by atoms with Crippen LogP contribution in [0.1, 0.15) is 59.1 Å². The summed E-state index contributed by atoms with van der Waals surface area (Å²) < 4.78 is 9.56. The van der Waals surface area contributed by atoms with Crippen molar-refractivity contribution in [3.8, 4) is 11.1 Å². The number of carbonyl (C=O) groups is 4. The van der Waals surface area contributed by atoms with Crippen LogP contribution in [-0.4, -0.2) is 78.6 Å². The van der Waals surface area contributed by atoms with E-state index in [1.807, 2.05) is 108 Å². The highest BCUT2D eigenvalue weighted by atomic mass is 16.5. The van der Waals surface area contributed by atoms with E-state index < -0.39 is 65.1 Å². The van der Waals surface area contributed by atoms with Gasteiger partial charge in [-0.3, -0.25) is 14.6 Å². The van der Waals surface area contributed by atoms with Crippen LogP contribution in [0.2, 0.25) is 0 Å². The number of hydrogen-bond acceptors (Lipinski definition) is 8. The third-order valence-corrected chi connectivity index (χ3v) is 8.55. The van der Waals surface area contributed by atoms with Gasteiger partial charge in [0.25, 0.3) is 0 Å². The predicted octanol–water partition coefficient (Wildman–Crippen LogP) is 4.80. The number of methoxy groups -OCH3 is 2. The highest BCUT2D eigenvalue weighted by molar-refractivity contribution is 5.87. The number of benzene rings is 2. The van der Waals surface area contributed by atoms with E-state index in [-0.39, 0.29) is 12.8 Å². The second-order valence-electron chi connectivity index (χ2n) is 14.8. The molecule has 3 rings (SSSR count). The highest BCUT2D eigenvalue weighted by Gasteiger charge is 2.37. The SMILES string of the molecule is COC(=O)NC(C(=O)NC(Cc1ccccc1)CC(O)C(Cc1ccc(-c2cccnc2)cc1)NC(=O)C(NC(=O)OC)C(C)(C)C)C(C)(C)C. The van der Waals surface area contributed by atoms with Crippen molar-refractivity contribution in [2.75, 3.05) is 14.2 Å². The molecule has 0 aliphatic heterocycles. The van der Waals surface area contributed by atoms with Gasteiger partial charge >= 0.3 is 12.2 Å². The third kappa shape index (κ3) is 12.7. The summed E-state index contributed by atoms with van der Waals surface area (Å²) in [5.74, 6) is -0.940. The first-order valence-corrected chi connectivity index (χ1v) is 17.0. The van der Waals surface area contributed by atoms with Gasteiger partial charge < -0.3 is 35.8 Å². The second-order valence-corrected chi connectivity index (χ2v) is 14.8. The van der Waals surface area contributed by atoms with Crippen LogP contribution in [0.25, 0.3) is 11.1 Å². The van der Waals surface area contributed by atoms with Crippen molar-refractivity contribution < 1.29 is 33.8 Å². The maximum Gasteiger partial charge on any atom is 0.407 e. The number of alkyl carbamates (subject to hydrolysis) is 2. The average Bonchev–Trinajstić information content (AvgIpc) is 3.08. The molecule has 1 heterocycles. The lowest BCUT2D eigenvalue weighted by molar-refractivity contribution is -0.128. The quantitative estimate of drug-likeness (QED) is 0.160. The van der Waals surface area contributed by atoms with Crippen LogP contribution in [0.4, 0.5) is 9.59 Å². The van der Waals surface area contributed by atoms with Crippen molar-refractivity contribution in [2.45, 2.75) is 91.1 Å². The van der Waals surface area contributed by atoms with E-state index in [9.17, 15) is 24.3 Å². The zero-order valence-electron chi connectivity index (χ0n) is 30.9. The van der Waals surface area contributed by atoms with Gasteiger partial charge in [-0.05, 0) is 58.4 Å². The number of rotatable bonds is 14. The lowest BCUT2D eigenvalue weighted by Crippen LogP contribution is -2.59. The number of hydrogen-bond donors (Lipinski definition) is 5. The molecule has 0 radical (unpaired) electrons. The van der Waals surface area contributed by atoms with Crippen molar-refractivity contribution >= 4 is 24.0 Å².